The number of methoxy groups -OCH3 is 1. The Kier molecular flexibility index (Phi) is 6.38. The van der Waals surface area contributed by atoms with Crippen LogP contribution in [0.25, 0.3) is 0 Å². The highest BCUT2D eigenvalue weighted by molar-refractivity contribution is 5.89. The third-order valence-electron chi connectivity index (χ3n) is 3.74. The molecule has 0 radical (unpaired) electrons. The maximum atomic E-state index is 12.7. The average Bonchev–Trinajstić information content (AvgIpc) is 2.62. The molecule has 1 heterocycles. The zero-order valence-electron chi connectivity index (χ0n) is 14.4. The van der Waals surface area contributed by atoms with Gasteiger partial charge in [-0.25, -0.2) is 4.79 Å². The van der Waals surface area contributed by atoms with Gasteiger partial charge in [0.25, 0.3) is 5.56 Å². The second kappa shape index (κ2) is 8.52. The van der Waals surface area contributed by atoms with Crippen LogP contribution in [0.2, 0.25) is 0 Å². The van der Waals surface area contributed by atoms with Crippen LogP contribution in [0, 0.1) is 0 Å². The third-order valence-corrected chi connectivity index (χ3v) is 3.74. The van der Waals surface area contributed by atoms with Crippen LogP contribution in [-0.2, 0) is 28.7 Å². The van der Waals surface area contributed by atoms with E-state index in [9.17, 15) is 27.6 Å². The van der Waals surface area contributed by atoms with E-state index in [4.69, 9.17) is 0 Å². The van der Waals surface area contributed by atoms with Gasteiger partial charge >= 0.3 is 12.1 Å². The van der Waals surface area contributed by atoms with Crippen molar-refractivity contribution in [2.45, 2.75) is 19.1 Å². The minimum absolute atomic E-state index is 0.226. The van der Waals surface area contributed by atoms with Gasteiger partial charge in [-0.05, 0) is 30.2 Å². The normalized spacial score (nSPS) is 11.1. The van der Waals surface area contributed by atoms with Gasteiger partial charge in [-0.3, -0.25) is 9.59 Å². The van der Waals surface area contributed by atoms with Crippen LogP contribution in [0.1, 0.15) is 21.5 Å². The molecule has 0 bridgehead atoms. The van der Waals surface area contributed by atoms with E-state index < -0.39 is 35.7 Å². The first-order valence-electron chi connectivity index (χ1n) is 7.92. The SMILES string of the molecule is COC(=O)c1ccc(CCNC(=O)Cn2cc(C(F)(F)F)ccc2=O)cc1. The fourth-order valence-corrected chi connectivity index (χ4v) is 2.30. The van der Waals surface area contributed by atoms with Crippen molar-refractivity contribution in [2.75, 3.05) is 13.7 Å². The van der Waals surface area contributed by atoms with Crippen molar-refractivity contribution in [3.63, 3.8) is 0 Å². The molecule has 0 unspecified atom stereocenters. The second-order valence-electron chi connectivity index (χ2n) is 5.67. The van der Waals surface area contributed by atoms with Crippen molar-refractivity contribution >= 4 is 11.9 Å². The van der Waals surface area contributed by atoms with Crippen molar-refractivity contribution in [3.05, 3.63) is 69.6 Å². The summed E-state index contributed by atoms with van der Waals surface area (Å²) in [4.78, 5) is 34.8. The van der Waals surface area contributed by atoms with E-state index in [1.54, 1.807) is 24.3 Å². The number of halogens is 3. The first-order valence-corrected chi connectivity index (χ1v) is 7.92. The maximum Gasteiger partial charge on any atom is 0.417 e. The van der Waals surface area contributed by atoms with Crippen LogP contribution >= 0.6 is 0 Å². The zero-order chi connectivity index (χ0) is 20.0. The fourth-order valence-electron chi connectivity index (χ4n) is 2.30. The summed E-state index contributed by atoms with van der Waals surface area (Å²) in [6, 6.07) is 8.04. The van der Waals surface area contributed by atoms with Gasteiger partial charge in [-0.15, -0.1) is 0 Å². The molecule has 1 N–H and O–H groups in total. The number of carbonyl (C=O) groups excluding carboxylic acids is 2. The van der Waals surface area contributed by atoms with Gasteiger partial charge in [0, 0.05) is 18.8 Å². The van der Waals surface area contributed by atoms with Crippen LogP contribution in [-0.4, -0.2) is 30.1 Å². The van der Waals surface area contributed by atoms with E-state index in [0.29, 0.717) is 28.8 Å². The second-order valence-corrected chi connectivity index (χ2v) is 5.67. The fraction of sp³-hybridized carbons (Fsp3) is 0.278. The van der Waals surface area contributed by atoms with E-state index in [1.807, 2.05) is 0 Å². The van der Waals surface area contributed by atoms with Gasteiger partial charge in [0.2, 0.25) is 5.91 Å². The predicted molar refractivity (Wildman–Crippen MR) is 90.2 cm³/mol. The van der Waals surface area contributed by atoms with Crippen LogP contribution in [0.3, 0.4) is 0 Å². The van der Waals surface area contributed by atoms with Crippen LogP contribution in [0.5, 0.6) is 0 Å². The lowest BCUT2D eigenvalue weighted by molar-refractivity contribution is -0.138. The molecule has 0 saturated heterocycles. The van der Waals surface area contributed by atoms with Gasteiger partial charge in [-0.1, -0.05) is 12.1 Å². The summed E-state index contributed by atoms with van der Waals surface area (Å²) in [7, 11) is 1.28. The topological polar surface area (TPSA) is 77.4 Å². The van der Waals surface area contributed by atoms with Crippen LogP contribution < -0.4 is 10.9 Å². The lowest BCUT2D eigenvalue weighted by Gasteiger charge is -2.11. The predicted octanol–water partition coefficient (Wildman–Crippen LogP) is 2.01. The van der Waals surface area contributed by atoms with Gasteiger partial charge in [0.05, 0.1) is 18.2 Å². The minimum Gasteiger partial charge on any atom is -0.465 e. The Balaban J connectivity index is 1.90. The molecule has 2 rings (SSSR count). The number of amides is 1. The molecule has 27 heavy (non-hydrogen) atoms. The molecular formula is C18H17F3N2O4. The lowest BCUT2D eigenvalue weighted by Crippen LogP contribution is -2.33. The van der Waals surface area contributed by atoms with Gasteiger partial charge in [0.15, 0.2) is 0 Å². The number of esters is 1. The number of pyridine rings is 1. The van der Waals surface area contributed by atoms with Crippen molar-refractivity contribution < 1.29 is 27.5 Å². The monoisotopic (exact) mass is 382 g/mol. The number of carbonyl (C=O) groups is 2. The Hall–Kier alpha value is -3.10. The molecule has 9 heteroatoms. The molecule has 0 atom stereocenters. The molecule has 0 spiro atoms. The number of hydrogen-bond donors (Lipinski definition) is 1. The number of alkyl halides is 3. The van der Waals surface area contributed by atoms with E-state index in [1.165, 1.54) is 7.11 Å². The summed E-state index contributed by atoms with van der Waals surface area (Å²) in [6.07, 6.45) is -3.53. The molecule has 0 aliphatic rings. The number of ether oxygens (including phenoxy) is 1. The van der Waals surface area contributed by atoms with Crippen LogP contribution in [0.15, 0.2) is 47.4 Å². The van der Waals surface area contributed by atoms with E-state index in [2.05, 4.69) is 10.1 Å². The highest BCUT2D eigenvalue weighted by atomic mass is 19.4. The Morgan fingerprint density at radius 1 is 1.11 bits per heavy atom. The third kappa shape index (κ3) is 5.70. The quantitative estimate of drug-likeness (QED) is 0.776. The summed E-state index contributed by atoms with van der Waals surface area (Å²) < 4.78 is 43.4. The lowest BCUT2D eigenvalue weighted by atomic mass is 10.1. The van der Waals surface area contributed by atoms with Crippen molar-refractivity contribution in [2.24, 2.45) is 0 Å². The largest absolute Gasteiger partial charge is 0.465 e. The molecule has 0 saturated carbocycles. The number of nitrogens with one attached hydrogen (secondary N) is 1. The zero-order valence-corrected chi connectivity index (χ0v) is 14.4. The highest BCUT2D eigenvalue weighted by Crippen LogP contribution is 2.27. The Morgan fingerprint density at radius 2 is 1.78 bits per heavy atom. The summed E-state index contributed by atoms with van der Waals surface area (Å²) in [5.74, 6) is -1.04. The number of nitrogens with zero attached hydrogens (tertiary/aromatic N) is 1. The van der Waals surface area contributed by atoms with Crippen molar-refractivity contribution in [1.29, 1.82) is 0 Å². The highest BCUT2D eigenvalue weighted by Gasteiger charge is 2.31. The number of rotatable bonds is 6. The molecule has 144 valence electrons. The van der Waals surface area contributed by atoms with Gasteiger partial charge < -0.3 is 14.6 Å². The molecule has 1 aromatic heterocycles. The number of aromatic nitrogens is 1. The molecule has 0 aliphatic heterocycles. The molecule has 0 fully saturated rings. The van der Waals surface area contributed by atoms with Crippen molar-refractivity contribution in [3.8, 4) is 0 Å². The minimum atomic E-state index is -4.59. The first-order chi connectivity index (χ1) is 12.7. The summed E-state index contributed by atoms with van der Waals surface area (Å²) >= 11 is 0. The van der Waals surface area contributed by atoms with Crippen molar-refractivity contribution in [1.82, 2.24) is 9.88 Å². The summed E-state index contributed by atoms with van der Waals surface area (Å²) in [5.41, 5.74) is -0.453. The van der Waals surface area contributed by atoms with E-state index >= 15 is 0 Å². The number of benzene rings is 1. The molecule has 1 aromatic carbocycles. The van der Waals surface area contributed by atoms with E-state index in [0.717, 1.165) is 11.6 Å². The first kappa shape index (κ1) is 20.2. The van der Waals surface area contributed by atoms with E-state index in [-0.39, 0.29) is 6.54 Å². The molecule has 2 aromatic rings. The molecule has 0 aliphatic carbocycles. The Bertz CT molecular complexity index is 873. The van der Waals surface area contributed by atoms with Crippen LogP contribution in [0.4, 0.5) is 13.2 Å². The maximum absolute atomic E-state index is 12.7. The average molecular weight is 382 g/mol. The Morgan fingerprint density at radius 3 is 2.37 bits per heavy atom. The number of hydrogen-bond acceptors (Lipinski definition) is 4. The standard InChI is InChI=1S/C18H17F3N2O4/c1-27-17(26)13-4-2-12(3-5-13)8-9-22-15(24)11-23-10-14(18(19,20)21)6-7-16(23)25/h2-7,10H,8-9,11H2,1H3,(H,22,24). The van der Waals surface area contributed by atoms with Gasteiger partial charge in [0.1, 0.15) is 6.54 Å². The molecule has 6 nitrogen and oxygen atoms in total. The molecular weight excluding hydrogens is 365 g/mol. The summed E-state index contributed by atoms with van der Waals surface area (Å²) in [5, 5.41) is 2.54. The van der Waals surface area contributed by atoms with Gasteiger partial charge in [-0.2, -0.15) is 13.2 Å². The summed E-state index contributed by atoms with van der Waals surface area (Å²) in [6.45, 7) is -0.284. The smallest absolute Gasteiger partial charge is 0.417 e. The Labute approximate surface area is 152 Å². The molecule has 1 amide bonds.